The minimum Gasteiger partial charge on any atom is -0.390 e. The van der Waals surface area contributed by atoms with Crippen molar-refractivity contribution in [2.75, 3.05) is 27.2 Å². The summed E-state index contributed by atoms with van der Waals surface area (Å²) in [5.41, 5.74) is 0.998. The van der Waals surface area contributed by atoms with Gasteiger partial charge in [0.05, 0.1) is 13.1 Å². The zero-order valence-corrected chi connectivity index (χ0v) is 11.1. The Hall–Kier alpha value is -1.69. The molecule has 0 aromatic heterocycles. The second-order valence-corrected chi connectivity index (χ2v) is 4.39. The number of aliphatic hydroxyl groups is 1. The van der Waals surface area contributed by atoms with Gasteiger partial charge in [-0.2, -0.15) is 0 Å². The third kappa shape index (κ3) is 5.65. The van der Waals surface area contributed by atoms with Crippen LogP contribution in [0.25, 0.3) is 0 Å². The number of nitrogens with one attached hydrogen (secondary N) is 1. The van der Waals surface area contributed by atoms with Crippen molar-refractivity contribution in [1.29, 1.82) is 0 Å². The van der Waals surface area contributed by atoms with Crippen molar-refractivity contribution in [1.82, 2.24) is 10.2 Å². The molecule has 19 heavy (non-hydrogen) atoms. The number of hydrogen-bond acceptors (Lipinski definition) is 2. The molecular weight excluding hydrogens is 252 g/mol. The summed E-state index contributed by atoms with van der Waals surface area (Å²) in [6, 6.07) is 9.53. The molecule has 1 aromatic rings. The predicted molar refractivity (Wildman–Crippen MR) is 71.3 cm³/mol. The van der Waals surface area contributed by atoms with Crippen LogP contribution in [-0.2, 0) is 6.54 Å². The highest BCUT2D eigenvalue weighted by molar-refractivity contribution is 5.79. The monoisotopic (exact) mass is 271 g/mol. The van der Waals surface area contributed by atoms with E-state index in [4.69, 9.17) is 5.11 Å². The van der Waals surface area contributed by atoms with Crippen molar-refractivity contribution in [2.45, 2.75) is 12.5 Å². The van der Waals surface area contributed by atoms with Crippen molar-refractivity contribution in [3.63, 3.8) is 0 Å². The predicted octanol–water partition coefficient (Wildman–Crippen LogP) is 1.32. The third-order valence-corrected chi connectivity index (χ3v) is 2.41. The number of alkyl halides is 2. The molecule has 0 aliphatic heterocycles. The van der Waals surface area contributed by atoms with Gasteiger partial charge in [0.15, 0.2) is 5.96 Å². The van der Waals surface area contributed by atoms with Gasteiger partial charge in [-0.05, 0) is 5.56 Å². The van der Waals surface area contributed by atoms with Crippen LogP contribution in [0.1, 0.15) is 5.56 Å². The van der Waals surface area contributed by atoms with Crippen LogP contribution >= 0.6 is 0 Å². The number of aliphatic imine (C=N–C) groups is 1. The van der Waals surface area contributed by atoms with Crippen LogP contribution in [0.3, 0.4) is 0 Å². The van der Waals surface area contributed by atoms with Gasteiger partial charge in [-0.25, -0.2) is 13.8 Å². The molecule has 0 atom stereocenters. The van der Waals surface area contributed by atoms with Crippen LogP contribution < -0.4 is 5.32 Å². The molecule has 0 heterocycles. The maximum Gasteiger partial charge on any atom is 0.287 e. The number of rotatable bonds is 5. The quantitative estimate of drug-likeness (QED) is 0.627. The van der Waals surface area contributed by atoms with E-state index in [2.05, 4.69) is 10.3 Å². The van der Waals surface area contributed by atoms with E-state index in [0.29, 0.717) is 12.5 Å². The summed E-state index contributed by atoms with van der Waals surface area (Å²) in [5, 5.41) is 11.1. The molecule has 6 heteroatoms. The summed E-state index contributed by atoms with van der Waals surface area (Å²) in [6.07, 6.45) is 0. The lowest BCUT2D eigenvalue weighted by Crippen LogP contribution is -2.44. The fourth-order valence-corrected chi connectivity index (χ4v) is 1.37. The second-order valence-electron chi connectivity index (χ2n) is 4.39. The Balaban J connectivity index is 2.62. The molecular formula is C13H19F2N3O. The SMILES string of the molecule is CN(C)C(=NCc1ccccc1)NCC(F)(F)CO. The van der Waals surface area contributed by atoms with Gasteiger partial charge in [-0.1, -0.05) is 30.3 Å². The average molecular weight is 271 g/mol. The average Bonchev–Trinajstić information content (AvgIpc) is 2.39. The van der Waals surface area contributed by atoms with Crippen LogP contribution in [0.15, 0.2) is 35.3 Å². The number of nitrogens with zero attached hydrogens (tertiary/aromatic N) is 2. The second kappa shape index (κ2) is 7.04. The summed E-state index contributed by atoms with van der Waals surface area (Å²) in [4.78, 5) is 5.87. The lowest BCUT2D eigenvalue weighted by molar-refractivity contribution is -0.0447. The number of guanidine groups is 1. The maximum atomic E-state index is 13.0. The lowest BCUT2D eigenvalue weighted by Gasteiger charge is -2.20. The van der Waals surface area contributed by atoms with Gasteiger partial charge in [0.1, 0.15) is 6.61 Å². The van der Waals surface area contributed by atoms with E-state index in [1.165, 1.54) is 0 Å². The molecule has 0 aliphatic carbocycles. The van der Waals surface area contributed by atoms with E-state index >= 15 is 0 Å². The van der Waals surface area contributed by atoms with Gasteiger partial charge in [-0.3, -0.25) is 0 Å². The van der Waals surface area contributed by atoms with Crippen molar-refractivity contribution in [2.24, 2.45) is 4.99 Å². The summed E-state index contributed by atoms with van der Waals surface area (Å²) in [6.45, 7) is -1.42. The first-order chi connectivity index (χ1) is 8.94. The number of halogens is 2. The highest BCUT2D eigenvalue weighted by Crippen LogP contribution is 2.10. The van der Waals surface area contributed by atoms with E-state index in [1.807, 2.05) is 30.3 Å². The Morgan fingerprint density at radius 1 is 1.32 bits per heavy atom. The first-order valence-corrected chi connectivity index (χ1v) is 5.93. The van der Waals surface area contributed by atoms with E-state index in [0.717, 1.165) is 5.56 Å². The highest BCUT2D eigenvalue weighted by Gasteiger charge is 2.27. The van der Waals surface area contributed by atoms with E-state index < -0.39 is 19.1 Å². The van der Waals surface area contributed by atoms with Crippen LogP contribution in [-0.4, -0.2) is 49.1 Å². The zero-order chi connectivity index (χ0) is 14.3. The van der Waals surface area contributed by atoms with Gasteiger partial charge in [0.2, 0.25) is 0 Å². The first-order valence-electron chi connectivity index (χ1n) is 5.93. The van der Waals surface area contributed by atoms with Gasteiger partial charge < -0.3 is 15.3 Å². The fraction of sp³-hybridized carbons (Fsp3) is 0.462. The summed E-state index contributed by atoms with van der Waals surface area (Å²) in [7, 11) is 3.43. The molecule has 0 saturated carbocycles. The Morgan fingerprint density at radius 2 is 1.95 bits per heavy atom. The molecule has 0 bridgehead atoms. The van der Waals surface area contributed by atoms with Crippen molar-refractivity contribution in [3.8, 4) is 0 Å². The minimum absolute atomic E-state index is 0.358. The van der Waals surface area contributed by atoms with Crippen LogP contribution in [0.4, 0.5) is 8.78 Å². The molecule has 2 N–H and O–H groups in total. The number of aliphatic hydroxyl groups excluding tert-OH is 1. The molecule has 0 amide bonds. The topological polar surface area (TPSA) is 47.9 Å². The molecule has 0 spiro atoms. The van der Waals surface area contributed by atoms with Crippen molar-refractivity contribution in [3.05, 3.63) is 35.9 Å². The Kier molecular flexibility index (Phi) is 5.69. The summed E-state index contributed by atoms with van der Waals surface area (Å²) >= 11 is 0. The smallest absolute Gasteiger partial charge is 0.287 e. The molecule has 0 saturated heterocycles. The maximum absolute atomic E-state index is 13.0. The van der Waals surface area contributed by atoms with Gasteiger partial charge in [0.25, 0.3) is 5.92 Å². The number of benzene rings is 1. The molecule has 1 aromatic carbocycles. The minimum atomic E-state index is -3.15. The molecule has 4 nitrogen and oxygen atoms in total. The third-order valence-electron chi connectivity index (χ3n) is 2.41. The Morgan fingerprint density at radius 3 is 2.47 bits per heavy atom. The van der Waals surface area contributed by atoms with Crippen LogP contribution in [0, 0.1) is 0 Å². The lowest BCUT2D eigenvalue weighted by atomic mass is 10.2. The summed E-state index contributed by atoms with van der Waals surface area (Å²) in [5.74, 6) is -2.79. The van der Waals surface area contributed by atoms with Gasteiger partial charge >= 0.3 is 0 Å². The molecule has 0 unspecified atom stereocenters. The van der Waals surface area contributed by atoms with Crippen molar-refractivity contribution >= 4 is 5.96 Å². The highest BCUT2D eigenvalue weighted by atomic mass is 19.3. The van der Waals surface area contributed by atoms with Crippen LogP contribution in [0.2, 0.25) is 0 Å². The van der Waals surface area contributed by atoms with Gasteiger partial charge in [-0.15, -0.1) is 0 Å². The van der Waals surface area contributed by atoms with Gasteiger partial charge in [0, 0.05) is 14.1 Å². The summed E-state index contributed by atoms with van der Waals surface area (Å²) < 4.78 is 25.9. The van der Waals surface area contributed by atoms with E-state index in [9.17, 15) is 8.78 Å². The molecule has 0 aliphatic rings. The number of hydrogen-bond donors (Lipinski definition) is 2. The molecule has 0 fully saturated rings. The Bertz CT molecular complexity index is 408. The molecule has 106 valence electrons. The normalized spacial score (nSPS) is 12.4. The first kappa shape index (κ1) is 15.4. The van der Waals surface area contributed by atoms with E-state index in [-0.39, 0.29) is 0 Å². The molecule has 1 rings (SSSR count). The molecule has 0 radical (unpaired) electrons. The Labute approximate surface area is 111 Å². The standard InChI is InChI=1S/C13H19F2N3O/c1-18(2)12(17-9-13(14,15)10-19)16-8-11-6-4-3-5-7-11/h3-7,19H,8-10H2,1-2H3,(H,16,17). The van der Waals surface area contributed by atoms with Crippen LogP contribution in [0.5, 0.6) is 0 Å². The van der Waals surface area contributed by atoms with Crippen molar-refractivity contribution < 1.29 is 13.9 Å². The fourth-order valence-electron chi connectivity index (χ4n) is 1.37. The zero-order valence-electron chi connectivity index (χ0n) is 11.1. The largest absolute Gasteiger partial charge is 0.390 e. The van der Waals surface area contributed by atoms with E-state index in [1.54, 1.807) is 19.0 Å².